The number of alkyl halides is 3. The minimum absolute atomic E-state index is 0.0368. The molecule has 1 aliphatic heterocycles. The number of nitrogens with one attached hydrogen (secondary N) is 1. The highest BCUT2D eigenvalue weighted by Crippen LogP contribution is 2.35. The maximum absolute atomic E-state index is 14.1. The van der Waals surface area contributed by atoms with E-state index < -0.39 is 17.6 Å². The highest BCUT2D eigenvalue weighted by atomic mass is 19.4. The number of carbonyl (C=O) groups is 1. The highest BCUT2D eigenvalue weighted by Gasteiger charge is 2.34. The largest absolute Gasteiger partial charge is 0.416 e. The number of rotatable bonds is 7. The summed E-state index contributed by atoms with van der Waals surface area (Å²) in [5.41, 5.74) is 9.42. The number of amides is 1. The fraction of sp³-hybridized carbons (Fsp3) is 0.364. The van der Waals surface area contributed by atoms with Gasteiger partial charge in [-0.1, -0.05) is 38.7 Å². The summed E-state index contributed by atoms with van der Waals surface area (Å²) in [6.07, 6.45) is 1.24. The van der Waals surface area contributed by atoms with Gasteiger partial charge in [-0.2, -0.15) is 13.2 Å². The van der Waals surface area contributed by atoms with Crippen LogP contribution in [0, 0.1) is 11.8 Å². The van der Waals surface area contributed by atoms with Crippen LogP contribution in [-0.4, -0.2) is 68.4 Å². The van der Waals surface area contributed by atoms with Crippen molar-refractivity contribution >= 4 is 28.4 Å². The van der Waals surface area contributed by atoms with E-state index in [1.807, 2.05) is 18.7 Å². The Morgan fingerprint density at radius 2 is 1.67 bits per heavy atom. The topological polar surface area (TPSA) is 113 Å². The van der Waals surface area contributed by atoms with Crippen molar-refractivity contribution in [2.24, 2.45) is 0 Å². The van der Waals surface area contributed by atoms with Crippen LogP contribution in [-0.2, 0) is 25.6 Å². The van der Waals surface area contributed by atoms with Crippen molar-refractivity contribution < 1.29 is 18.0 Å². The van der Waals surface area contributed by atoms with Crippen LogP contribution in [0.15, 0.2) is 42.9 Å². The number of pyridine rings is 2. The fourth-order valence-corrected chi connectivity index (χ4v) is 5.33. The molecule has 0 spiro atoms. The van der Waals surface area contributed by atoms with E-state index in [0.717, 1.165) is 43.5 Å². The highest BCUT2D eigenvalue weighted by molar-refractivity contribution is 6.04. The molecule has 4 heterocycles. The Hall–Kier alpha value is -4.60. The molecular formula is C33H35F3N8O. The summed E-state index contributed by atoms with van der Waals surface area (Å²) in [7, 11) is 0. The number of anilines is 2. The molecule has 1 saturated heterocycles. The van der Waals surface area contributed by atoms with Gasteiger partial charge in [-0.05, 0) is 43.1 Å². The number of nitrogens with two attached hydrogens (primary N) is 1. The summed E-state index contributed by atoms with van der Waals surface area (Å²) in [4.78, 5) is 35.1. The van der Waals surface area contributed by atoms with Crippen LogP contribution >= 0.6 is 0 Å². The zero-order valence-corrected chi connectivity index (χ0v) is 25.5. The number of fused-ring (bicyclic) bond motifs is 1. The lowest BCUT2D eigenvalue weighted by Gasteiger charge is -2.34. The van der Waals surface area contributed by atoms with Gasteiger partial charge < -0.3 is 16.0 Å². The Balaban J connectivity index is 1.36. The number of hydrogen-bond donors (Lipinski definition) is 2. The number of halogens is 3. The first kappa shape index (κ1) is 31.8. The average molecular weight is 617 g/mol. The molecule has 5 rings (SSSR count). The Morgan fingerprint density at radius 3 is 2.36 bits per heavy atom. The summed E-state index contributed by atoms with van der Waals surface area (Å²) in [5, 5.41) is 2.58. The van der Waals surface area contributed by atoms with Crippen molar-refractivity contribution in [3.8, 4) is 11.8 Å². The number of aromatic nitrogens is 4. The van der Waals surface area contributed by atoms with E-state index in [2.05, 4.69) is 43.9 Å². The molecule has 0 saturated carbocycles. The van der Waals surface area contributed by atoms with Crippen LogP contribution < -0.4 is 11.1 Å². The molecule has 0 bridgehead atoms. The molecule has 1 aromatic carbocycles. The molecule has 1 amide bonds. The Labute approximate surface area is 260 Å². The number of nitrogen functional groups attached to an aromatic ring is 1. The van der Waals surface area contributed by atoms with Gasteiger partial charge in [-0.25, -0.2) is 15.0 Å². The summed E-state index contributed by atoms with van der Waals surface area (Å²) in [6.45, 7) is 10.2. The van der Waals surface area contributed by atoms with E-state index >= 15 is 0 Å². The molecule has 12 heteroatoms. The minimum Gasteiger partial charge on any atom is -0.383 e. The molecular weight excluding hydrogens is 581 g/mol. The first-order chi connectivity index (χ1) is 21.6. The first-order valence-electron chi connectivity index (χ1n) is 15.0. The smallest absolute Gasteiger partial charge is 0.383 e. The zero-order chi connectivity index (χ0) is 32.1. The van der Waals surface area contributed by atoms with Crippen LogP contribution in [0.1, 0.15) is 64.8 Å². The zero-order valence-electron chi connectivity index (χ0n) is 25.5. The van der Waals surface area contributed by atoms with Gasteiger partial charge in [0.1, 0.15) is 16.9 Å². The SMILES string of the molecule is CCc1nc2cnc(N)c(C#Cc3cncc(C(=O)Nc4ccc(CN5CCN(CC)CC5)c(C(F)(F)F)c4)c3)c2nc1CC. The molecule has 0 atom stereocenters. The predicted molar refractivity (Wildman–Crippen MR) is 168 cm³/mol. The van der Waals surface area contributed by atoms with Gasteiger partial charge >= 0.3 is 6.18 Å². The van der Waals surface area contributed by atoms with Crippen LogP contribution in [0.4, 0.5) is 24.7 Å². The third kappa shape index (κ3) is 7.38. The predicted octanol–water partition coefficient (Wildman–Crippen LogP) is 4.94. The van der Waals surface area contributed by atoms with Gasteiger partial charge in [0.15, 0.2) is 0 Å². The lowest BCUT2D eigenvalue weighted by molar-refractivity contribution is -0.138. The maximum Gasteiger partial charge on any atom is 0.416 e. The van der Waals surface area contributed by atoms with Gasteiger partial charge in [0.2, 0.25) is 0 Å². The summed E-state index contributed by atoms with van der Waals surface area (Å²) >= 11 is 0. The van der Waals surface area contributed by atoms with Crippen molar-refractivity contribution in [1.29, 1.82) is 0 Å². The second-order valence-electron chi connectivity index (χ2n) is 10.8. The average Bonchev–Trinajstić information content (AvgIpc) is 3.04. The van der Waals surface area contributed by atoms with Gasteiger partial charge in [0, 0.05) is 56.4 Å². The summed E-state index contributed by atoms with van der Waals surface area (Å²) < 4.78 is 42.2. The molecule has 9 nitrogen and oxygen atoms in total. The summed E-state index contributed by atoms with van der Waals surface area (Å²) in [5.74, 6) is 5.55. The van der Waals surface area contributed by atoms with E-state index in [4.69, 9.17) is 10.7 Å². The van der Waals surface area contributed by atoms with E-state index in [1.165, 1.54) is 30.6 Å². The fourth-order valence-electron chi connectivity index (χ4n) is 5.33. The van der Waals surface area contributed by atoms with Crippen LogP contribution in [0.25, 0.3) is 11.0 Å². The number of hydrogen-bond acceptors (Lipinski definition) is 8. The third-order valence-electron chi connectivity index (χ3n) is 7.88. The minimum atomic E-state index is -4.57. The van der Waals surface area contributed by atoms with Crippen molar-refractivity contribution in [3.05, 3.63) is 82.1 Å². The molecule has 234 valence electrons. The molecule has 4 aromatic rings. The Morgan fingerprint density at radius 1 is 0.956 bits per heavy atom. The second-order valence-corrected chi connectivity index (χ2v) is 10.8. The maximum atomic E-state index is 14.1. The van der Waals surface area contributed by atoms with Gasteiger partial charge in [0.25, 0.3) is 5.91 Å². The van der Waals surface area contributed by atoms with Crippen LogP contribution in [0.2, 0.25) is 0 Å². The number of aryl methyl sites for hydroxylation is 2. The van der Waals surface area contributed by atoms with E-state index in [1.54, 1.807) is 6.20 Å². The van der Waals surface area contributed by atoms with E-state index in [0.29, 0.717) is 41.7 Å². The molecule has 45 heavy (non-hydrogen) atoms. The normalized spacial score (nSPS) is 14.3. The molecule has 3 aromatic heterocycles. The third-order valence-corrected chi connectivity index (χ3v) is 7.88. The van der Waals surface area contributed by atoms with Gasteiger partial charge in [0.05, 0.1) is 34.3 Å². The number of piperazine rings is 1. The summed E-state index contributed by atoms with van der Waals surface area (Å²) in [6, 6.07) is 5.42. The van der Waals surface area contributed by atoms with Gasteiger partial charge in [-0.3, -0.25) is 14.7 Å². The standard InChI is InChI=1S/C33H35F3N8O/c1-4-27-28(5-2)42-30-25(31(37)39-19-29(30)41-27)10-7-21-15-23(18-38-17-21)32(45)40-24-9-8-22(26(16-24)33(34,35)36)20-44-13-11-43(6-3)12-14-44/h8-9,15-19H,4-6,11-14,20H2,1-3H3,(H2,37,39)(H,40,45). The van der Waals surface area contributed by atoms with Crippen molar-refractivity contribution in [3.63, 3.8) is 0 Å². The van der Waals surface area contributed by atoms with Crippen molar-refractivity contribution in [2.45, 2.75) is 46.3 Å². The molecule has 3 N–H and O–H groups in total. The molecule has 0 aliphatic carbocycles. The van der Waals surface area contributed by atoms with E-state index in [9.17, 15) is 18.0 Å². The Kier molecular flexibility index (Phi) is 9.60. The van der Waals surface area contributed by atoms with E-state index in [-0.39, 0.29) is 29.2 Å². The number of nitrogens with zero attached hydrogens (tertiary/aromatic N) is 6. The quantitative estimate of drug-likeness (QED) is 0.281. The monoisotopic (exact) mass is 616 g/mol. The molecule has 0 unspecified atom stereocenters. The van der Waals surface area contributed by atoms with Crippen LogP contribution in [0.5, 0.6) is 0 Å². The number of carbonyl (C=O) groups excluding carboxylic acids is 1. The Bertz CT molecular complexity index is 1770. The number of benzene rings is 1. The second kappa shape index (κ2) is 13.6. The van der Waals surface area contributed by atoms with Gasteiger partial charge in [-0.15, -0.1) is 0 Å². The lowest BCUT2D eigenvalue weighted by Crippen LogP contribution is -2.45. The first-order valence-corrected chi connectivity index (χ1v) is 15.0. The molecule has 1 fully saturated rings. The molecule has 1 aliphatic rings. The van der Waals surface area contributed by atoms with Crippen molar-refractivity contribution in [1.82, 2.24) is 29.7 Å². The number of likely N-dealkylation sites (N-methyl/N-ethyl adjacent to an activating group) is 1. The van der Waals surface area contributed by atoms with Crippen molar-refractivity contribution in [2.75, 3.05) is 43.8 Å². The van der Waals surface area contributed by atoms with Crippen LogP contribution in [0.3, 0.4) is 0 Å². The lowest BCUT2D eigenvalue weighted by atomic mass is 10.0. The molecule has 0 radical (unpaired) electrons.